The first-order valence-electron chi connectivity index (χ1n) is 7.16. The molecule has 1 aromatic carbocycles. The molecule has 2 heterocycles. The lowest BCUT2D eigenvalue weighted by Gasteiger charge is -2.26. The molecule has 0 unspecified atom stereocenters. The fourth-order valence-corrected chi connectivity index (χ4v) is 3.02. The third-order valence-electron chi connectivity index (χ3n) is 3.86. The smallest absolute Gasteiger partial charge is 0.259 e. The summed E-state index contributed by atoms with van der Waals surface area (Å²) in [6.45, 7) is 0. The molecular weight excluding hydrogens is 344 g/mol. The van der Waals surface area contributed by atoms with E-state index < -0.39 is 11.5 Å². The highest BCUT2D eigenvalue weighted by Gasteiger charge is 2.36. The Morgan fingerprint density at radius 3 is 2.72 bits per heavy atom. The second kappa shape index (κ2) is 6.33. The van der Waals surface area contributed by atoms with Crippen molar-refractivity contribution in [3.63, 3.8) is 0 Å². The average Bonchev–Trinajstić information content (AvgIpc) is 2.59. The van der Waals surface area contributed by atoms with Gasteiger partial charge in [0.15, 0.2) is 16.3 Å². The molecule has 2 aromatic rings. The highest BCUT2D eigenvalue weighted by atomic mass is 32.1. The lowest BCUT2D eigenvalue weighted by molar-refractivity contribution is 0.347. The molecular formula is C16H14N4O4S. The van der Waals surface area contributed by atoms with Crippen LogP contribution in [0.25, 0.3) is 0 Å². The Balaban J connectivity index is 2.38. The van der Waals surface area contributed by atoms with Gasteiger partial charge in [0.05, 0.1) is 25.7 Å². The maximum atomic E-state index is 12.5. The molecule has 1 atom stereocenters. The van der Waals surface area contributed by atoms with Gasteiger partial charge in [-0.3, -0.25) is 9.78 Å². The molecule has 3 rings (SSSR count). The molecule has 25 heavy (non-hydrogen) atoms. The number of para-hydroxylation sites is 1. The number of benzene rings is 1. The van der Waals surface area contributed by atoms with E-state index in [0.29, 0.717) is 17.1 Å². The topological polar surface area (TPSA) is 126 Å². The number of ether oxygens (including phenoxy) is 3. The van der Waals surface area contributed by atoms with Crippen molar-refractivity contribution >= 4 is 12.2 Å². The Morgan fingerprint density at radius 1 is 1.32 bits per heavy atom. The van der Waals surface area contributed by atoms with Crippen LogP contribution in [0, 0.1) is 16.1 Å². The Labute approximate surface area is 147 Å². The largest absolute Gasteiger partial charge is 0.493 e. The SMILES string of the molecule is COc1cccc([C@H]2C(C#N)=C(N)Oc3[nH]c(=S)[nH]c(=O)c32)c1OC. The number of rotatable bonds is 3. The van der Waals surface area contributed by atoms with E-state index in [9.17, 15) is 10.1 Å². The number of aromatic nitrogens is 2. The molecule has 0 saturated heterocycles. The van der Waals surface area contributed by atoms with E-state index in [1.54, 1.807) is 18.2 Å². The van der Waals surface area contributed by atoms with Crippen LogP contribution in [-0.4, -0.2) is 24.2 Å². The number of nitrogens with two attached hydrogens (primary N) is 1. The van der Waals surface area contributed by atoms with Crippen LogP contribution in [0.5, 0.6) is 17.4 Å². The van der Waals surface area contributed by atoms with Crippen LogP contribution in [0.1, 0.15) is 17.0 Å². The molecule has 0 aliphatic carbocycles. The summed E-state index contributed by atoms with van der Waals surface area (Å²) in [7, 11) is 2.97. The van der Waals surface area contributed by atoms with Crippen LogP contribution in [0.15, 0.2) is 34.4 Å². The molecule has 0 fully saturated rings. The minimum absolute atomic E-state index is 0.0910. The zero-order chi connectivity index (χ0) is 18.1. The van der Waals surface area contributed by atoms with Crippen LogP contribution in [0.2, 0.25) is 0 Å². The molecule has 8 nitrogen and oxygen atoms in total. The zero-order valence-electron chi connectivity index (χ0n) is 13.4. The van der Waals surface area contributed by atoms with E-state index in [1.165, 1.54) is 14.2 Å². The molecule has 1 aromatic heterocycles. The summed E-state index contributed by atoms with van der Waals surface area (Å²) in [4.78, 5) is 17.8. The van der Waals surface area contributed by atoms with Gasteiger partial charge in [-0.1, -0.05) is 12.1 Å². The monoisotopic (exact) mass is 358 g/mol. The number of hydrogen-bond donors (Lipinski definition) is 3. The molecule has 0 spiro atoms. The number of nitriles is 1. The van der Waals surface area contributed by atoms with Gasteiger partial charge in [-0.15, -0.1) is 0 Å². The summed E-state index contributed by atoms with van der Waals surface area (Å²) < 4.78 is 16.2. The van der Waals surface area contributed by atoms with Crippen molar-refractivity contribution in [1.82, 2.24) is 9.97 Å². The van der Waals surface area contributed by atoms with Crippen molar-refractivity contribution in [1.29, 1.82) is 5.26 Å². The van der Waals surface area contributed by atoms with E-state index in [0.717, 1.165) is 0 Å². The van der Waals surface area contributed by atoms with Gasteiger partial charge >= 0.3 is 0 Å². The minimum atomic E-state index is -0.797. The van der Waals surface area contributed by atoms with E-state index in [1.807, 2.05) is 6.07 Å². The lowest BCUT2D eigenvalue weighted by atomic mass is 9.84. The quantitative estimate of drug-likeness (QED) is 0.712. The number of nitrogens with one attached hydrogen (secondary N) is 2. The normalized spacial score (nSPS) is 15.8. The number of fused-ring (bicyclic) bond motifs is 1. The van der Waals surface area contributed by atoms with Gasteiger partial charge in [-0.2, -0.15) is 5.26 Å². The van der Waals surface area contributed by atoms with Crippen molar-refractivity contribution in [2.45, 2.75) is 5.92 Å². The third-order valence-corrected chi connectivity index (χ3v) is 4.07. The molecule has 9 heteroatoms. The summed E-state index contributed by atoms with van der Waals surface area (Å²) in [6, 6.07) is 7.19. The van der Waals surface area contributed by atoms with Crippen LogP contribution in [-0.2, 0) is 0 Å². The average molecular weight is 358 g/mol. The summed E-state index contributed by atoms with van der Waals surface area (Å²) in [5, 5.41) is 9.57. The minimum Gasteiger partial charge on any atom is -0.493 e. The van der Waals surface area contributed by atoms with E-state index >= 15 is 0 Å². The van der Waals surface area contributed by atoms with Crippen molar-refractivity contribution in [3.8, 4) is 23.4 Å². The Kier molecular flexibility index (Phi) is 4.21. The zero-order valence-corrected chi connectivity index (χ0v) is 14.2. The van der Waals surface area contributed by atoms with Gasteiger partial charge < -0.3 is 24.9 Å². The highest BCUT2D eigenvalue weighted by Crippen LogP contribution is 2.45. The van der Waals surface area contributed by atoms with E-state index in [2.05, 4.69) is 9.97 Å². The number of hydrogen-bond acceptors (Lipinski definition) is 7. The van der Waals surface area contributed by atoms with Crippen molar-refractivity contribution in [2.24, 2.45) is 5.73 Å². The first kappa shape index (κ1) is 16.6. The molecule has 1 aliphatic heterocycles. The van der Waals surface area contributed by atoms with Gasteiger partial charge in [-0.25, -0.2) is 0 Å². The molecule has 1 aliphatic rings. The molecule has 0 radical (unpaired) electrons. The van der Waals surface area contributed by atoms with Crippen molar-refractivity contribution in [3.05, 3.63) is 55.9 Å². The van der Waals surface area contributed by atoms with Crippen molar-refractivity contribution in [2.75, 3.05) is 14.2 Å². The molecule has 0 bridgehead atoms. The first-order chi connectivity index (χ1) is 12.0. The van der Waals surface area contributed by atoms with Crippen LogP contribution in [0.4, 0.5) is 0 Å². The van der Waals surface area contributed by atoms with Crippen molar-refractivity contribution < 1.29 is 14.2 Å². The number of nitrogens with zero attached hydrogens (tertiary/aromatic N) is 1. The summed E-state index contributed by atoms with van der Waals surface area (Å²) in [5.41, 5.74) is 6.24. The van der Waals surface area contributed by atoms with Gasteiger partial charge in [-0.05, 0) is 18.3 Å². The summed E-state index contributed by atoms with van der Waals surface area (Å²) >= 11 is 4.97. The summed E-state index contributed by atoms with van der Waals surface area (Å²) in [6.07, 6.45) is 0. The van der Waals surface area contributed by atoms with Crippen LogP contribution >= 0.6 is 12.2 Å². The summed E-state index contributed by atoms with van der Waals surface area (Å²) in [5.74, 6) is 0.0464. The fraction of sp³-hybridized carbons (Fsp3) is 0.188. The second-order valence-electron chi connectivity index (χ2n) is 5.16. The maximum Gasteiger partial charge on any atom is 0.259 e. The lowest BCUT2D eigenvalue weighted by Crippen LogP contribution is -2.28. The first-order valence-corrected chi connectivity index (χ1v) is 7.57. The molecule has 0 saturated carbocycles. The predicted molar refractivity (Wildman–Crippen MR) is 91.1 cm³/mol. The van der Waals surface area contributed by atoms with Gasteiger partial charge in [0.1, 0.15) is 11.6 Å². The van der Waals surface area contributed by atoms with Gasteiger partial charge in [0.25, 0.3) is 5.56 Å². The highest BCUT2D eigenvalue weighted by molar-refractivity contribution is 7.71. The van der Waals surface area contributed by atoms with E-state index in [4.69, 9.17) is 32.2 Å². The number of allylic oxidation sites excluding steroid dienone is 1. The van der Waals surface area contributed by atoms with Crippen LogP contribution < -0.4 is 25.5 Å². The predicted octanol–water partition coefficient (Wildman–Crippen LogP) is 1.67. The standard InChI is InChI=1S/C16H14N4O4S/c1-22-9-5-3-4-7(12(9)23-2)10-8(6-17)13(18)24-15-11(10)14(21)19-16(25)20-15/h3-5,10H,18H2,1-2H3,(H2,19,20,21,25)/t10-/m0/s1. The second-order valence-corrected chi connectivity index (χ2v) is 5.57. The van der Waals surface area contributed by atoms with Crippen LogP contribution in [0.3, 0.4) is 0 Å². The molecule has 4 N–H and O–H groups in total. The van der Waals surface area contributed by atoms with E-state index in [-0.39, 0.29) is 27.7 Å². The third kappa shape index (κ3) is 2.62. The van der Waals surface area contributed by atoms with Gasteiger partial charge in [0.2, 0.25) is 11.8 Å². The maximum absolute atomic E-state index is 12.5. The molecule has 128 valence electrons. The Bertz CT molecular complexity index is 1030. The number of aromatic amines is 2. The Morgan fingerprint density at radius 2 is 2.08 bits per heavy atom. The fourth-order valence-electron chi connectivity index (χ4n) is 2.84. The molecule has 0 amide bonds. The number of methoxy groups -OCH3 is 2. The Hall–Kier alpha value is -3.25. The van der Waals surface area contributed by atoms with Gasteiger partial charge in [0, 0.05) is 5.56 Å². The number of H-pyrrole nitrogens is 2.